The van der Waals surface area contributed by atoms with Crippen molar-refractivity contribution in [3.8, 4) is 28.1 Å². The average Bonchev–Trinajstić information content (AvgIpc) is 3.16. The molecule has 1 saturated carbocycles. The Labute approximate surface area is 195 Å². The third kappa shape index (κ3) is 5.63. The van der Waals surface area contributed by atoms with Gasteiger partial charge in [-0.1, -0.05) is 42.5 Å². The summed E-state index contributed by atoms with van der Waals surface area (Å²) in [4.78, 5) is 10.7. The van der Waals surface area contributed by atoms with Gasteiger partial charge in [0.05, 0.1) is 13.7 Å². The fourth-order valence-corrected chi connectivity index (χ4v) is 4.78. The van der Waals surface area contributed by atoms with Crippen LogP contribution >= 0.6 is 0 Å². The lowest BCUT2D eigenvalue weighted by Crippen LogP contribution is -2.23. The maximum Gasteiger partial charge on any atom is 0.329 e. The minimum atomic E-state index is -0.904. The summed E-state index contributed by atoms with van der Waals surface area (Å²) in [5.74, 6) is 0.939. The SMILES string of the molecule is COc1cccc(-c2c(-c3ccccc3)nn(CC3CCC(COCC(=O)O)CC3)c2C)c1. The summed E-state index contributed by atoms with van der Waals surface area (Å²) in [5.41, 5.74) is 5.52. The normalized spacial score (nSPS) is 18.2. The summed E-state index contributed by atoms with van der Waals surface area (Å²) in [6.45, 7) is 3.37. The van der Waals surface area contributed by atoms with Crippen molar-refractivity contribution in [3.63, 3.8) is 0 Å². The van der Waals surface area contributed by atoms with E-state index in [1.54, 1.807) is 7.11 Å². The first kappa shape index (κ1) is 23.1. The van der Waals surface area contributed by atoms with Crippen LogP contribution in [-0.4, -0.2) is 41.2 Å². The Balaban J connectivity index is 1.54. The van der Waals surface area contributed by atoms with Gasteiger partial charge in [0, 0.05) is 23.4 Å². The van der Waals surface area contributed by atoms with Crippen LogP contribution in [0.2, 0.25) is 0 Å². The van der Waals surface area contributed by atoms with Crippen LogP contribution in [0.5, 0.6) is 5.75 Å². The molecule has 1 fully saturated rings. The Morgan fingerprint density at radius 1 is 1.03 bits per heavy atom. The molecule has 0 atom stereocenters. The number of aliphatic carboxylic acids is 1. The molecule has 0 radical (unpaired) electrons. The lowest BCUT2D eigenvalue weighted by molar-refractivity contribution is -0.142. The number of rotatable bonds is 9. The highest BCUT2D eigenvalue weighted by molar-refractivity contribution is 5.83. The molecule has 1 heterocycles. The zero-order chi connectivity index (χ0) is 23.2. The molecule has 1 N–H and O–H groups in total. The van der Waals surface area contributed by atoms with Crippen LogP contribution in [0, 0.1) is 18.8 Å². The fraction of sp³-hybridized carbons (Fsp3) is 0.407. The van der Waals surface area contributed by atoms with E-state index in [4.69, 9.17) is 19.7 Å². The number of hydrogen-bond donors (Lipinski definition) is 1. The second-order valence-corrected chi connectivity index (χ2v) is 8.88. The second-order valence-electron chi connectivity index (χ2n) is 8.88. The van der Waals surface area contributed by atoms with Gasteiger partial charge in [-0.3, -0.25) is 4.68 Å². The molecule has 2 aromatic carbocycles. The predicted molar refractivity (Wildman–Crippen MR) is 128 cm³/mol. The number of benzene rings is 2. The maximum absolute atomic E-state index is 10.7. The van der Waals surface area contributed by atoms with Crippen molar-refractivity contribution in [1.82, 2.24) is 9.78 Å². The van der Waals surface area contributed by atoms with Gasteiger partial charge in [-0.15, -0.1) is 0 Å². The molecule has 3 aromatic rings. The molecule has 1 aromatic heterocycles. The van der Waals surface area contributed by atoms with E-state index in [9.17, 15) is 4.79 Å². The van der Waals surface area contributed by atoms with E-state index < -0.39 is 5.97 Å². The van der Waals surface area contributed by atoms with Crippen LogP contribution in [0.4, 0.5) is 0 Å². The summed E-state index contributed by atoms with van der Waals surface area (Å²) in [6.07, 6.45) is 4.35. The standard InChI is InChI=1S/C27H32N2O4/c1-19-26(23-9-6-10-24(15-23)32-2)27(22-7-4-3-5-8-22)28-29(19)16-20-11-13-21(14-12-20)17-33-18-25(30)31/h3-10,15,20-21H,11-14,16-18H2,1-2H3,(H,30,31). The number of carbonyl (C=O) groups is 1. The molecule has 1 aliphatic carbocycles. The average molecular weight is 449 g/mol. The van der Waals surface area contributed by atoms with E-state index >= 15 is 0 Å². The molecule has 0 unspecified atom stereocenters. The van der Waals surface area contributed by atoms with Gasteiger partial charge < -0.3 is 14.6 Å². The van der Waals surface area contributed by atoms with Gasteiger partial charge in [-0.2, -0.15) is 5.10 Å². The van der Waals surface area contributed by atoms with Crippen molar-refractivity contribution < 1.29 is 19.4 Å². The van der Waals surface area contributed by atoms with Gasteiger partial charge in [0.25, 0.3) is 0 Å². The Morgan fingerprint density at radius 3 is 2.42 bits per heavy atom. The van der Waals surface area contributed by atoms with E-state index in [1.165, 1.54) is 0 Å². The van der Waals surface area contributed by atoms with Crippen LogP contribution < -0.4 is 4.74 Å². The van der Waals surface area contributed by atoms with Crippen molar-refractivity contribution in [3.05, 3.63) is 60.3 Å². The highest BCUT2D eigenvalue weighted by atomic mass is 16.5. The van der Waals surface area contributed by atoms with Crippen LogP contribution in [0.25, 0.3) is 22.4 Å². The quantitative estimate of drug-likeness (QED) is 0.472. The molecule has 1 aliphatic rings. The molecule has 33 heavy (non-hydrogen) atoms. The van der Waals surface area contributed by atoms with Crippen molar-refractivity contribution >= 4 is 5.97 Å². The van der Waals surface area contributed by atoms with Gasteiger partial charge in [0.1, 0.15) is 18.1 Å². The van der Waals surface area contributed by atoms with Crippen molar-refractivity contribution in [1.29, 1.82) is 0 Å². The zero-order valence-corrected chi connectivity index (χ0v) is 19.4. The number of ether oxygens (including phenoxy) is 2. The number of nitrogens with zero attached hydrogens (tertiary/aromatic N) is 2. The highest BCUT2D eigenvalue weighted by Crippen LogP contribution is 2.37. The Morgan fingerprint density at radius 2 is 1.73 bits per heavy atom. The molecule has 0 saturated heterocycles. The smallest absolute Gasteiger partial charge is 0.329 e. The molecule has 4 rings (SSSR count). The summed E-state index contributed by atoms with van der Waals surface area (Å²) < 4.78 is 13.0. The first-order valence-corrected chi connectivity index (χ1v) is 11.6. The predicted octanol–water partition coefficient (Wildman–Crippen LogP) is 5.44. The van der Waals surface area contributed by atoms with Gasteiger partial charge in [-0.25, -0.2) is 4.79 Å². The number of carboxylic acids is 1. The molecular weight excluding hydrogens is 416 g/mol. The fourth-order valence-electron chi connectivity index (χ4n) is 4.78. The summed E-state index contributed by atoms with van der Waals surface area (Å²) in [6, 6.07) is 18.5. The summed E-state index contributed by atoms with van der Waals surface area (Å²) in [5, 5.41) is 13.8. The lowest BCUT2D eigenvalue weighted by Gasteiger charge is -2.28. The summed E-state index contributed by atoms with van der Waals surface area (Å²) >= 11 is 0. The van der Waals surface area contributed by atoms with E-state index in [2.05, 4.69) is 35.9 Å². The molecule has 0 bridgehead atoms. The zero-order valence-electron chi connectivity index (χ0n) is 19.4. The lowest BCUT2D eigenvalue weighted by atomic mass is 9.82. The number of aromatic nitrogens is 2. The Bertz CT molecular complexity index is 1070. The molecule has 0 amide bonds. The third-order valence-electron chi connectivity index (χ3n) is 6.59. The monoisotopic (exact) mass is 448 g/mol. The Kier molecular flexibility index (Phi) is 7.45. The minimum absolute atomic E-state index is 0.207. The molecule has 0 aliphatic heterocycles. The second kappa shape index (κ2) is 10.7. The number of methoxy groups -OCH3 is 1. The van der Waals surface area contributed by atoms with E-state index in [0.29, 0.717) is 18.4 Å². The van der Waals surface area contributed by atoms with Gasteiger partial charge >= 0.3 is 5.97 Å². The molecule has 174 valence electrons. The maximum atomic E-state index is 10.7. The molecule has 0 spiro atoms. The van der Waals surface area contributed by atoms with E-state index in [-0.39, 0.29) is 6.61 Å². The molecular formula is C27H32N2O4. The van der Waals surface area contributed by atoms with Crippen LogP contribution in [0.3, 0.4) is 0 Å². The first-order valence-electron chi connectivity index (χ1n) is 11.6. The van der Waals surface area contributed by atoms with Gasteiger partial charge in [-0.05, 0) is 62.1 Å². The van der Waals surface area contributed by atoms with Crippen LogP contribution in [0.15, 0.2) is 54.6 Å². The van der Waals surface area contributed by atoms with E-state index in [1.807, 2.05) is 30.3 Å². The molecule has 6 heteroatoms. The van der Waals surface area contributed by atoms with Crippen LogP contribution in [0.1, 0.15) is 31.4 Å². The summed E-state index contributed by atoms with van der Waals surface area (Å²) in [7, 11) is 1.69. The number of carboxylic acid groups (broad SMARTS) is 1. The van der Waals surface area contributed by atoms with Crippen molar-refractivity contribution in [2.45, 2.75) is 39.2 Å². The largest absolute Gasteiger partial charge is 0.497 e. The first-order chi connectivity index (χ1) is 16.0. The Hall–Kier alpha value is -3.12. The van der Waals surface area contributed by atoms with E-state index in [0.717, 1.165) is 66.1 Å². The van der Waals surface area contributed by atoms with Gasteiger partial charge in [0.15, 0.2) is 0 Å². The third-order valence-corrected chi connectivity index (χ3v) is 6.59. The van der Waals surface area contributed by atoms with Crippen molar-refractivity contribution in [2.24, 2.45) is 11.8 Å². The topological polar surface area (TPSA) is 73.6 Å². The van der Waals surface area contributed by atoms with Crippen molar-refractivity contribution in [2.75, 3.05) is 20.3 Å². The van der Waals surface area contributed by atoms with Crippen LogP contribution in [-0.2, 0) is 16.1 Å². The number of hydrogen-bond acceptors (Lipinski definition) is 4. The highest BCUT2D eigenvalue weighted by Gasteiger charge is 2.25. The minimum Gasteiger partial charge on any atom is -0.497 e. The molecule has 6 nitrogen and oxygen atoms in total. The van der Waals surface area contributed by atoms with Gasteiger partial charge in [0.2, 0.25) is 0 Å².